The van der Waals surface area contributed by atoms with E-state index in [9.17, 15) is 0 Å². The average Bonchev–Trinajstić information content (AvgIpc) is 2.23. The Labute approximate surface area is 115 Å². The highest BCUT2D eigenvalue weighted by Crippen LogP contribution is 2.40. The van der Waals surface area contributed by atoms with Gasteiger partial charge in [-0.2, -0.15) is 0 Å². The summed E-state index contributed by atoms with van der Waals surface area (Å²) in [4.78, 5) is 4.40. The monoisotopic (exact) mass is 339 g/mol. The van der Waals surface area contributed by atoms with Crippen molar-refractivity contribution in [2.45, 2.75) is 25.7 Å². The molecule has 0 atom stereocenters. The Morgan fingerprint density at radius 2 is 2.25 bits per heavy atom. The second-order valence-corrected chi connectivity index (χ2v) is 4.65. The standard InChI is InChI=1S/C11H21N3O.HI/c1-15-9-11(4-2-5-11)8-14-10-12-6-3-7-13-10;/h2-9H2,1H3,(H2,12,13,14);1H. The molecule has 2 aliphatic rings. The third-order valence-corrected chi connectivity index (χ3v) is 3.39. The number of nitrogens with one attached hydrogen (secondary N) is 2. The summed E-state index contributed by atoms with van der Waals surface area (Å²) >= 11 is 0. The van der Waals surface area contributed by atoms with Crippen LogP contribution in [0.4, 0.5) is 0 Å². The minimum atomic E-state index is 0. The highest BCUT2D eigenvalue weighted by Gasteiger charge is 2.37. The zero-order valence-electron chi connectivity index (χ0n) is 9.92. The van der Waals surface area contributed by atoms with E-state index in [0.29, 0.717) is 5.41 Å². The van der Waals surface area contributed by atoms with Crippen LogP contribution in [0.2, 0.25) is 0 Å². The summed E-state index contributed by atoms with van der Waals surface area (Å²) < 4.78 is 5.29. The summed E-state index contributed by atoms with van der Waals surface area (Å²) in [6.07, 6.45) is 5.04. The molecule has 1 aliphatic heterocycles. The molecule has 0 aromatic rings. The van der Waals surface area contributed by atoms with Crippen molar-refractivity contribution in [3.05, 3.63) is 0 Å². The van der Waals surface area contributed by atoms with Crippen LogP contribution in [0, 0.1) is 5.41 Å². The topological polar surface area (TPSA) is 45.6 Å². The minimum Gasteiger partial charge on any atom is -0.384 e. The van der Waals surface area contributed by atoms with Gasteiger partial charge in [0.15, 0.2) is 5.96 Å². The predicted molar refractivity (Wildman–Crippen MR) is 76.5 cm³/mol. The second kappa shape index (κ2) is 6.64. The van der Waals surface area contributed by atoms with E-state index in [-0.39, 0.29) is 24.0 Å². The first-order valence-corrected chi connectivity index (χ1v) is 5.86. The van der Waals surface area contributed by atoms with Gasteiger partial charge in [-0.15, -0.1) is 24.0 Å². The van der Waals surface area contributed by atoms with Gasteiger partial charge in [0.25, 0.3) is 0 Å². The van der Waals surface area contributed by atoms with Crippen LogP contribution in [0.25, 0.3) is 0 Å². The molecule has 0 bridgehead atoms. The van der Waals surface area contributed by atoms with Crippen LogP contribution in [0.5, 0.6) is 0 Å². The van der Waals surface area contributed by atoms with Crippen LogP contribution in [0.3, 0.4) is 0 Å². The summed E-state index contributed by atoms with van der Waals surface area (Å²) in [5.74, 6) is 0.976. The van der Waals surface area contributed by atoms with Gasteiger partial charge in [-0.1, -0.05) is 6.42 Å². The molecule has 4 nitrogen and oxygen atoms in total. The summed E-state index contributed by atoms with van der Waals surface area (Å²) in [6.45, 7) is 3.86. The Morgan fingerprint density at radius 1 is 1.44 bits per heavy atom. The number of halogens is 1. The number of hydrogen-bond acceptors (Lipinski definition) is 4. The van der Waals surface area contributed by atoms with Gasteiger partial charge in [0.05, 0.1) is 6.61 Å². The normalized spacial score (nSPS) is 22.2. The molecule has 1 saturated carbocycles. The molecule has 1 fully saturated rings. The lowest BCUT2D eigenvalue weighted by Crippen LogP contribution is -2.49. The summed E-state index contributed by atoms with van der Waals surface area (Å²) in [5.41, 5.74) is 0.371. The molecule has 0 aromatic heterocycles. The van der Waals surface area contributed by atoms with Gasteiger partial charge < -0.3 is 15.4 Å². The molecule has 2 rings (SSSR count). The quantitative estimate of drug-likeness (QED) is 0.761. The Balaban J connectivity index is 0.00000128. The maximum absolute atomic E-state index is 5.29. The van der Waals surface area contributed by atoms with Gasteiger partial charge >= 0.3 is 0 Å². The van der Waals surface area contributed by atoms with E-state index < -0.39 is 0 Å². The first-order chi connectivity index (χ1) is 7.35. The Hall–Kier alpha value is -0.0400. The predicted octanol–water partition coefficient (Wildman–Crippen LogP) is 1.36. The van der Waals surface area contributed by atoms with Gasteiger partial charge in [-0.3, -0.25) is 4.99 Å². The van der Waals surface area contributed by atoms with Crippen molar-refractivity contribution in [2.24, 2.45) is 10.4 Å². The molecule has 94 valence electrons. The largest absolute Gasteiger partial charge is 0.384 e. The molecule has 0 aromatic carbocycles. The van der Waals surface area contributed by atoms with Crippen LogP contribution in [-0.2, 0) is 4.74 Å². The SMILES string of the molecule is COCC1(CNC2=NCCCN2)CCC1.I. The van der Waals surface area contributed by atoms with E-state index in [1.165, 1.54) is 19.3 Å². The number of methoxy groups -OCH3 is 1. The zero-order valence-corrected chi connectivity index (χ0v) is 12.3. The molecule has 5 heteroatoms. The average molecular weight is 339 g/mol. The van der Waals surface area contributed by atoms with Crippen molar-refractivity contribution in [2.75, 3.05) is 33.4 Å². The second-order valence-electron chi connectivity index (χ2n) is 4.65. The highest BCUT2D eigenvalue weighted by atomic mass is 127. The van der Waals surface area contributed by atoms with Gasteiger partial charge in [0.2, 0.25) is 0 Å². The van der Waals surface area contributed by atoms with Crippen LogP contribution >= 0.6 is 24.0 Å². The number of guanidine groups is 1. The number of aliphatic imine (C=N–C) groups is 1. The van der Waals surface area contributed by atoms with E-state index in [1.807, 2.05) is 0 Å². The maximum atomic E-state index is 5.29. The summed E-state index contributed by atoms with van der Waals surface area (Å²) in [5, 5.41) is 6.69. The van der Waals surface area contributed by atoms with Gasteiger partial charge in [-0.05, 0) is 19.3 Å². The van der Waals surface area contributed by atoms with E-state index in [0.717, 1.165) is 38.6 Å². The molecule has 16 heavy (non-hydrogen) atoms. The van der Waals surface area contributed by atoms with Crippen LogP contribution < -0.4 is 10.6 Å². The first kappa shape index (κ1) is 14.0. The lowest BCUT2D eigenvalue weighted by atomic mass is 9.69. The Bertz CT molecular complexity index is 241. The summed E-state index contributed by atoms with van der Waals surface area (Å²) in [7, 11) is 1.79. The smallest absolute Gasteiger partial charge is 0.191 e. The van der Waals surface area contributed by atoms with Gasteiger partial charge in [-0.25, -0.2) is 0 Å². The molecule has 0 amide bonds. The van der Waals surface area contributed by atoms with Crippen LogP contribution in [-0.4, -0.2) is 39.3 Å². The molecule has 0 saturated heterocycles. The fourth-order valence-corrected chi connectivity index (χ4v) is 2.28. The zero-order chi connectivity index (χ0) is 10.6. The van der Waals surface area contributed by atoms with Crippen molar-refractivity contribution in [1.29, 1.82) is 0 Å². The third kappa shape index (κ3) is 3.48. The molecule has 0 unspecified atom stereocenters. The van der Waals surface area contributed by atoms with Crippen LogP contribution in [0.1, 0.15) is 25.7 Å². The number of rotatable bonds is 4. The van der Waals surface area contributed by atoms with Crippen molar-refractivity contribution < 1.29 is 4.74 Å². The Kier molecular flexibility index (Phi) is 5.82. The van der Waals surface area contributed by atoms with E-state index >= 15 is 0 Å². The summed E-state index contributed by atoms with van der Waals surface area (Å²) in [6, 6.07) is 0. The number of hydrogen-bond donors (Lipinski definition) is 2. The van der Waals surface area contributed by atoms with E-state index in [2.05, 4.69) is 15.6 Å². The molecule has 0 radical (unpaired) electrons. The lowest BCUT2D eigenvalue weighted by molar-refractivity contribution is 0.0212. The third-order valence-electron chi connectivity index (χ3n) is 3.39. The van der Waals surface area contributed by atoms with Crippen LogP contribution in [0.15, 0.2) is 4.99 Å². The Morgan fingerprint density at radius 3 is 2.75 bits per heavy atom. The van der Waals surface area contributed by atoms with E-state index in [4.69, 9.17) is 4.74 Å². The molecular formula is C11H22IN3O. The molecule has 1 heterocycles. The van der Waals surface area contributed by atoms with Crippen molar-refractivity contribution >= 4 is 29.9 Å². The molecule has 2 N–H and O–H groups in total. The molecule has 1 aliphatic carbocycles. The van der Waals surface area contributed by atoms with E-state index in [1.54, 1.807) is 7.11 Å². The fourth-order valence-electron chi connectivity index (χ4n) is 2.28. The fraction of sp³-hybridized carbons (Fsp3) is 0.909. The molecule has 0 spiro atoms. The van der Waals surface area contributed by atoms with Gasteiger partial charge in [0, 0.05) is 32.2 Å². The number of ether oxygens (including phenoxy) is 1. The highest BCUT2D eigenvalue weighted by molar-refractivity contribution is 14.0. The molecular weight excluding hydrogens is 317 g/mol. The van der Waals surface area contributed by atoms with Crippen molar-refractivity contribution in [1.82, 2.24) is 10.6 Å². The maximum Gasteiger partial charge on any atom is 0.191 e. The van der Waals surface area contributed by atoms with Crippen molar-refractivity contribution in [3.63, 3.8) is 0 Å². The number of nitrogens with zero attached hydrogens (tertiary/aromatic N) is 1. The first-order valence-electron chi connectivity index (χ1n) is 5.86. The van der Waals surface area contributed by atoms with Crippen molar-refractivity contribution in [3.8, 4) is 0 Å². The minimum absolute atomic E-state index is 0. The lowest BCUT2D eigenvalue weighted by Gasteiger charge is -2.41. The van der Waals surface area contributed by atoms with Gasteiger partial charge in [0.1, 0.15) is 0 Å².